The van der Waals surface area contributed by atoms with Crippen molar-refractivity contribution in [2.45, 2.75) is 31.3 Å². The van der Waals surface area contributed by atoms with Crippen LogP contribution in [0.25, 0.3) is 11.0 Å². The Labute approximate surface area is 135 Å². The second-order valence-electron chi connectivity index (χ2n) is 6.95. The molecular weight excluding hydrogens is 286 g/mol. The number of likely N-dealkylation sites (tertiary alicyclic amines) is 1. The zero-order valence-corrected chi connectivity index (χ0v) is 13.4. The third-order valence-corrected chi connectivity index (χ3v) is 5.17. The van der Waals surface area contributed by atoms with Gasteiger partial charge in [0.15, 0.2) is 0 Å². The van der Waals surface area contributed by atoms with E-state index in [4.69, 9.17) is 4.98 Å². The summed E-state index contributed by atoms with van der Waals surface area (Å²) in [4.78, 5) is 11.6. The Morgan fingerprint density at radius 3 is 2.74 bits per heavy atom. The van der Waals surface area contributed by atoms with Gasteiger partial charge in [-0.2, -0.15) is 0 Å². The minimum absolute atomic E-state index is 0.561. The van der Waals surface area contributed by atoms with Crippen LogP contribution in [-0.2, 0) is 13.6 Å². The number of hydrogen-bond acceptors (Lipinski definition) is 3. The van der Waals surface area contributed by atoms with E-state index >= 15 is 0 Å². The molecule has 118 valence electrons. The first-order valence-corrected chi connectivity index (χ1v) is 8.44. The van der Waals surface area contributed by atoms with Gasteiger partial charge in [0.2, 0.25) is 0 Å². The molecule has 0 unspecified atom stereocenters. The molecule has 5 nitrogen and oxygen atoms in total. The fourth-order valence-electron chi connectivity index (χ4n) is 3.68. The predicted molar refractivity (Wildman–Crippen MR) is 89.2 cm³/mol. The molecule has 5 heteroatoms. The van der Waals surface area contributed by atoms with Crippen molar-refractivity contribution in [1.82, 2.24) is 24.0 Å². The summed E-state index contributed by atoms with van der Waals surface area (Å²) in [5.74, 6) is 2.00. The molecule has 0 amide bonds. The van der Waals surface area contributed by atoms with Gasteiger partial charge in [0.1, 0.15) is 5.82 Å². The molecule has 2 aromatic heterocycles. The Morgan fingerprint density at radius 1 is 1.17 bits per heavy atom. The van der Waals surface area contributed by atoms with Gasteiger partial charge in [0, 0.05) is 38.8 Å². The van der Waals surface area contributed by atoms with Crippen molar-refractivity contribution >= 4 is 11.0 Å². The third-order valence-electron chi connectivity index (χ3n) is 5.17. The molecule has 1 aliphatic carbocycles. The highest BCUT2D eigenvalue weighted by atomic mass is 15.3. The molecule has 2 aliphatic rings. The average Bonchev–Trinajstić information content (AvgIpc) is 3.19. The zero-order valence-electron chi connectivity index (χ0n) is 13.4. The van der Waals surface area contributed by atoms with Crippen LogP contribution in [0.15, 0.2) is 36.8 Å². The number of aromatic nitrogens is 4. The molecule has 2 fully saturated rings. The lowest BCUT2D eigenvalue weighted by molar-refractivity contribution is 0.0971. The molecular formula is C18H21N5. The van der Waals surface area contributed by atoms with Crippen molar-refractivity contribution < 1.29 is 0 Å². The van der Waals surface area contributed by atoms with E-state index in [2.05, 4.69) is 50.3 Å². The Bertz CT molecular complexity index is 851. The molecule has 1 saturated heterocycles. The molecule has 0 radical (unpaired) electrons. The van der Waals surface area contributed by atoms with Crippen molar-refractivity contribution in [3.63, 3.8) is 0 Å². The maximum Gasteiger partial charge on any atom is 0.113 e. The number of rotatable bonds is 4. The van der Waals surface area contributed by atoms with E-state index in [0.29, 0.717) is 12.0 Å². The quantitative estimate of drug-likeness (QED) is 0.744. The van der Waals surface area contributed by atoms with Gasteiger partial charge in [-0.15, -0.1) is 0 Å². The van der Waals surface area contributed by atoms with Crippen LogP contribution < -0.4 is 0 Å². The van der Waals surface area contributed by atoms with Crippen molar-refractivity contribution in [2.75, 3.05) is 13.1 Å². The highest BCUT2D eigenvalue weighted by Gasteiger charge is 2.36. The predicted octanol–water partition coefficient (Wildman–Crippen LogP) is 2.70. The SMILES string of the molecule is Cn1cncc1CN1CC(n2c(C3CC3)nc3ccccc32)C1. The molecule has 0 bridgehead atoms. The molecule has 1 aliphatic heterocycles. The standard InChI is InChI=1S/C18H21N5/c1-21-12-19-8-14(21)9-22-10-15(11-22)23-17-5-3-2-4-16(17)20-18(23)13-6-7-13/h2-5,8,12-13,15H,6-7,9-11H2,1H3. The number of nitrogens with zero attached hydrogens (tertiary/aromatic N) is 5. The third kappa shape index (κ3) is 2.18. The van der Waals surface area contributed by atoms with Gasteiger partial charge >= 0.3 is 0 Å². The minimum Gasteiger partial charge on any atom is -0.337 e. The molecule has 1 aromatic carbocycles. The van der Waals surface area contributed by atoms with Crippen LogP contribution >= 0.6 is 0 Å². The number of fused-ring (bicyclic) bond motifs is 1. The largest absolute Gasteiger partial charge is 0.337 e. The first-order valence-electron chi connectivity index (χ1n) is 8.44. The number of benzene rings is 1. The van der Waals surface area contributed by atoms with Gasteiger partial charge < -0.3 is 9.13 Å². The smallest absolute Gasteiger partial charge is 0.113 e. The maximum absolute atomic E-state index is 4.92. The monoisotopic (exact) mass is 307 g/mol. The Morgan fingerprint density at radius 2 is 2.00 bits per heavy atom. The number of imidazole rings is 2. The second kappa shape index (κ2) is 4.93. The first-order chi connectivity index (χ1) is 11.3. The Hall–Kier alpha value is -2.14. The first kappa shape index (κ1) is 13.3. The molecule has 3 heterocycles. The van der Waals surface area contributed by atoms with E-state index in [-0.39, 0.29) is 0 Å². The number of para-hydroxylation sites is 2. The molecule has 3 aromatic rings. The Kier molecular flexibility index (Phi) is 2.85. The van der Waals surface area contributed by atoms with Gasteiger partial charge in [-0.25, -0.2) is 9.97 Å². The summed E-state index contributed by atoms with van der Waals surface area (Å²) >= 11 is 0. The lowest BCUT2D eigenvalue weighted by Crippen LogP contribution is -2.47. The van der Waals surface area contributed by atoms with E-state index in [1.165, 1.54) is 29.9 Å². The summed E-state index contributed by atoms with van der Waals surface area (Å²) in [6.45, 7) is 3.19. The highest BCUT2D eigenvalue weighted by molar-refractivity contribution is 5.76. The van der Waals surface area contributed by atoms with E-state index in [9.17, 15) is 0 Å². The number of hydrogen-bond donors (Lipinski definition) is 0. The maximum atomic E-state index is 4.92. The van der Waals surface area contributed by atoms with Crippen LogP contribution in [0.1, 0.15) is 36.3 Å². The van der Waals surface area contributed by atoms with Crippen molar-refractivity contribution in [3.8, 4) is 0 Å². The van der Waals surface area contributed by atoms with Crippen molar-refractivity contribution in [1.29, 1.82) is 0 Å². The summed E-state index contributed by atoms with van der Waals surface area (Å²) in [6.07, 6.45) is 6.44. The van der Waals surface area contributed by atoms with Crippen LogP contribution in [0.2, 0.25) is 0 Å². The van der Waals surface area contributed by atoms with Gasteiger partial charge in [0.05, 0.1) is 29.1 Å². The van der Waals surface area contributed by atoms with Crippen LogP contribution in [0.4, 0.5) is 0 Å². The van der Waals surface area contributed by atoms with Crippen LogP contribution in [0.3, 0.4) is 0 Å². The molecule has 5 rings (SSSR count). The van der Waals surface area contributed by atoms with Gasteiger partial charge in [-0.05, 0) is 25.0 Å². The summed E-state index contributed by atoms with van der Waals surface area (Å²) in [5, 5.41) is 0. The van der Waals surface area contributed by atoms with E-state index in [1.54, 1.807) is 0 Å². The average molecular weight is 307 g/mol. The molecule has 0 atom stereocenters. The normalized spacial score (nSPS) is 19.3. The number of aryl methyl sites for hydroxylation is 1. The van der Waals surface area contributed by atoms with Gasteiger partial charge in [-0.3, -0.25) is 4.90 Å². The lowest BCUT2D eigenvalue weighted by Gasteiger charge is -2.40. The fourth-order valence-corrected chi connectivity index (χ4v) is 3.68. The van der Waals surface area contributed by atoms with Crippen LogP contribution in [0.5, 0.6) is 0 Å². The topological polar surface area (TPSA) is 38.9 Å². The summed E-state index contributed by atoms with van der Waals surface area (Å²) < 4.78 is 4.63. The second-order valence-corrected chi connectivity index (χ2v) is 6.95. The van der Waals surface area contributed by atoms with Crippen molar-refractivity contribution in [2.24, 2.45) is 7.05 Å². The Balaban J connectivity index is 1.40. The van der Waals surface area contributed by atoms with Gasteiger partial charge in [-0.1, -0.05) is 12.1 Å². The van der Waals surface area contributed by atoms with E-state index in [1.807, 2.05) is 12.5 Å². The minimum atomic E-state index is 0.561. The summed E-state index contributed by atoms with van der Waals surface area (Å²) in [7, 11) is 2.06. The van der Waals surface area contributed by atoms with Crippen molar-refractivity contribution in [3.05, 3.63) is 48.3 Å². The molecule has 1 saturated carbocycles. The summed E-state index contributed by atoms with van der Waals surface area (Å²) in [5.41, 5.74) is 3.74. The highest BCUT2D eigenvalue weighted by Crippen LogP contribution is 2.42. The van der Waals surface area contributed by atoms with Crippen LogP contribution in [0, 0.1) is 0 Å². The molecule has 23 heavy (non-hydrogen) atoms. The summed E-state index contributed by atoms with van der Waals surface area (Å²) in [6, 6.07) is 9.14. The zero-order chi connectivity index (χ0) is 15.4. The fraction of sp³-hybridized carbons (Fsp3) is 0.444. The van der Waals surface area contributed by atoms with E-state index in [0.717, 1.165) is 25.2 Å². The van der Waals surface area contributed by atoms with E-state index < -0.39 is 0 Å². The molecule has 0 N–H and O–H groups in total. The van der Waals surface area contributed by atoms with Crippen LogP contribution in [-0.4, -0.2) is 37.1 Å². The molecule has 0 spiro atoms. The van der Waals surface area contributed by atoms with Gasteiger partial charge in [0.25, 0.3) is 0 Å². The lowest BCUT2D eigenvalue weighted by atomic mass is 10.1.